The number of rotatable bonds is 6. The molecule has 4 aromatic rings. The van der Waals surface area contributed by atoms with Crippen LogP contribution in [0.3, 0.4) is 0 Å². The molecule has 2 heterocycles. The van der Waals surface area contributed by atoms with Crippen LogP contribution in [0.2, 0.25) is 0 Å². The van der Waals surface area contributed by atoms with E-state index in [0.29, 0.717) is 11.3 Å². The van der Waals surface area contributed by atoms with Gasteiger partial charge in [-0.25, -0.2) is 23.4 Å². The first-order valence-corrected chi connectivity index (χ1v) is 10.4. The molecule has 174 valence electrons. The Hall–Kier alpha value is -4.34. The van der Waals surface area contributed by atoms with Gasteiger partial charge in [0.1, 0.15) is 5.56 Å². The van der Waals surface area contributed by atoms with Crippen LogP contribution in [0, 0.1) is 18.6 Å². The lowest BCUT2D eigenvalue weighted by molar-refractivity contribution is 0.0956. The number of nitrogens with one attached hydrogen (secondary N) is 1. The van der Waals surface area contributed by atoms with E-state index in [9.17, 15) is 18.4 Å². The third-order valence-electron chi connectivity index (χ3n) is 5.51. The van der Waals surface area contributed by atoms with Crippen LogP contribution < -0.4 is 16.6 Å². The summed E-state index contributed by atoms with van der Waals surface area (Å²) in [6.45, 7) is 1.85. The van der Waals surface area contributed by atoms with Crippen molar-refractivity contribution >= 4 is 28.8 Å². The number of benzene rings is 2. The number of carbonyl (C=O) groups excluding carboxylic acids is 1. The zero-order valence-electron chi connectivity index (χ0n) is 18.5. The molecule has 2 aromatic heterocycles. The molecule has 0 saturated carbocycles. The second-order valence-corrected chi connectivity index (χ2v) is 7.75. The molecule has 0 atom stereocenters. The highest BCUT2D eigenvalue weighted by atomic mass is 19.2. The van der Waals surface area contributed by atoms with Gasteiger partial charge in [-0.1, -0.05) is 24.3 Å². The normalized spacial score (nSPS) is 11.4. The summed E-state index contributed by atoms with van der Waals surface area (Å²) in [5.41, 5.74) is 7.56. The molecule has 0 radical (unpaired) electrons. The van der Waals surface area contributed by atoms with Crippen molar-refractivity contribution in [3.63, 3.8) is 0 Å². The fraction of sp³-hybridized carbons (Fsp3) is 0.167. The Labute approximate surface area is 193 Å². The molecule has 10 heteroatoms. The smallest absolute Gasteiger partial charge is 0.280 e. The zero-order chi connectivity index (χ0) is 24.4. The standard InChI is InChI=1S/C24H22F2N6O2/c1-14-21(23(34)32(31(14)2)13-16-5-7-18(25)19(26)11-16)22(33)28-9-3-4-15-6-8-20-17(10-15)12-29-24(27)30-20/h3-8,10-12H,9,13H2,1-2H3,(H,28,33)(H2,27,29,30)/b4-3+. The average Bonchev–Trinajstić information content (AvgIpc) is 3.02. The van der Waals surface area contributed by atoms with Crippen LogP contribution in [0.25, 0.3) is 17.0 Å². The maximum absolute atomic E-state index is 13.5. The predicted octanol–water partition coefficient (Wildman–Crippen LogP) is 2.79. The van der Waals surface area contributed by atoms with Crippen molar-refractivity contribution in [2.24, 2.45) is 7.05 Å². The Kier molecular flexibility index (Phi) is 6.22. The Morgan fingerprint density at radius 1 is 1.18 bits per heavy atom. The van der Waals surface area contributed by atoms with Gasteiger partial charge < -0.3 is 11.1 Å². The van der Waals surface area contributed by atoms with E-state index >= 15 is 0 Å². The van der Waals surface area contributed by atoms with Gasteiger partial charge in [-0.05, 0) is 42.3 Å². The lowest BCUT2D eigenvalue weighted by Crippen LogP contribution is -2.31. The number of hydrogen-bond donors (Lipinski definition) is 2. The second-order valence-electron chi connectivity index (χ2n) is 7.75. The molecule has 0 aliphatic carbocycles. The van der Waals surface area contributed by atoms with E-state index in [2.05, 4.69) is 15.3 Å². The summed E-state index contributed by atoms with van der Waals surface area (Å²) in [6, 6.07) is 9.02. The summed E-state index contributed by atoms with van der Waals surface area (Å²) < 4.78 is 29.6. The highest BCUT2D eigenvalue weighted by molar-refractivity contribution is 5.95. The average molecular weight is 464 g/mol. The van der Waals surface area contributed by atoms with Crippen molar-refractivity contribution in [3.05, 3.63) is 93.0 Å². The summed E-state index contributed by atoms with van der Waals surface area (Å²) >= 11 is 0. The van der Waals surface area contributed by atoms with Crippen molar-refractivity contribution < 1.29 is 13.6 Å². The monoisotopic (exact) mass is 464 g/mol. The van der Waals surface area contributed by atoms with E-state index in [1.165, 1.54) is 15.4 Å². The Balaban J connectivity index is 1.46. The number of hydrogen-bond acceptors (Lipinski definition) is 5. The number of nitrogens with zero attached hydrogens (tertiary/aromatic N) is 4. The molecule has 34 heavy (non-hydrogen) atoms. The van der Waals surface area contributed by atoms with E-state index in [4.69, 9.17) is 5.73 Å². The first-order chi connectivity index (χ1) is 16.2. The minimum atomic E-state index is -0.996. The molecule has 0 bridgehead atoms. The van der Waals surface area contributed by atoms with Crippen LogP contribution in [0.5, 0.6) is 0 Å². The fourth-order valence-corrected chi connectivity index (χ4v) is 3.62. The van der Waals surface area contributed by atoms with Crippen molar-refractivity contribution in [2.45, 2.75) is 13.5 Å². The fourth-order valence-electron chi connectivity index (χ4n) is 3.62. The van der Waals surface area contributed by atoms with Crippen molar-refractivity contribution in [3.8, 4) is 0 Å². The first kappa shape index (κ1) is 22.8. The predicted molar refractivity (Wildman–Crippen MR) is 125 cm³/mol. The molecular weight excluding hydrogens is 442 g/mol. The van der Waals surface area contributed by atoms with Gasteiger partial charge in [-0.3, -0.25) is 14.3 Å². The maximum Gasteiger partial charge on any atom is 0.280 e. The van der Waals surface area contributed by atoms with Gasteiger partial charge >= 0.3 is 0 Å². The van der Waals surface area contributed by atoms with Crippen molar-refractivity contribution in [1.82, 2.24) is 24.6 Å². The van der Waals surface area contributed by atoms with Crippen LogP contribution in [-0.4, -0.2) is 31.8 Å². The SMILES string of the molecule is Cc1c(C(=O)NC/C=C/c2ccc3nc(N)ncc3c2)c(=O)n(Cc2ccc(F)c(F)c2)n1C. The summed E-state index contributed by atoms with van der Waals surface area (Å²) in [7, 11) is 1.63. The first-order valence-electron chi connectivity index (χ1n) is 10.4. The summed E-state index contributed by atoms with van der Waals surface area (Å²) in [4.78, 5) is 33.7. The van der Waals surface area contributed by atoms with E-state index in [1.807, 2.05) is 24.3 Å². The number of nitrogen functional groups attached to an aromatic ring is 1. The van der Waals surface area contributed by atoms with Gasteiger partial charge in [0.2, 0.25) is 5.95 Å². The number of fused-ring (bicyclic) bond motifs is 1. The number of aromatic nitrogens is 4. The van der Waals surface area contributed by atoms with Crippen LogP contribution >= 0.6 is 0 Å². The van der Waals surface area contributed by atoms with E-state index in [0.717, 1.165) is 28.6 Å². The number of anilines is 1. The third kappa shape index (κ3) is 4.56. The number of carbonyl (C=O) groups is 1. The molecule has 8 nitrogen and oxygen atoms in total. The van der Waals surface area contributed by atoms with E-state index in [-0.39, 0.29) is 24.6 Å². The van der Waals surface area contributed by atoms with Crippen molar-refractivity contribution in [2.75, 3.05) is 12.3 Å². The maximum atomic E-state index is 13.5. The molecule has 0 fully saturated rings. The molecule has 0 aliphatic heterocycles. The quantitative estimate of drug-likeness (QED) is 0.456. The molecule has 1 amide bonds. The molecular formula is C24H22F2N6O2. The molecule has 0 saturated heterocycles. The van der Waals surface area contributed by atoms with Crippen LogP contribution in [-0.2, 0) is 13.6 Å². The minimum Gasteiger partial charge on any atom is -0.368 e. The lowest BCUT2D eigenvalue weighted by Gasteiger charge is -2.08. The minimum absolute atomic E-state index is 0.000994. The highest BCUT2D eigenvalue weighted by Gasteiger charge is 2.21. The van der Waals surface area contributed by atoms with Gasteiger partial charge in [0.25, 0.3) is 11.5 Å². The molecule has 3 N–H and O–H groups in total. The van der Waals surface area contributed by atoms with E-state index < -0.39 is 23.1 Å². The second kappa shape index (κ2) is 9.26. The third-order valence-corrected chi connectivity index (χ3v) is 5.51. The molecule has 2 aromatic carbocycles. The van der Waals surface area contributed by atoms with Crippen LogP contribution in [0.4, 0.5) is 14.7 Å². The molecule has 0 unspecified atom stereocenters. The van der Waals surface area contributed by atoms with E-state index in [1.54, 1.807) is 26.2 Å². The van der Waals surface area contributed by atoms with Crippen LogP contribution in [0.1, 0.15) is 27.2 Å². The van der Waals surface area contributed by atoms with Crippen molar-refractivity contribution in [1.29, 1.82) is 0 Å². The molecule has 0 spiro atoms. The van der Waals surface area contributed by atoms with Gasteiger partial charge in [0, 0.05) is 30.9 Å². The molecule has 4 rings (SSSR count). The zero-order valence-corrected chi connectivity index (χ0v) is 18.5. The lowest BCUT2D eigenvalue weighted by atomic mass is 10.1. The Morgan fingerprint density at radius 2 is 1.97 bits per heavy atom. The van der Waals surface area contributed by atoms with Crippen LogP contribution in [0.15, 0.2) is 53.5 Å². The summed E-state index contributed by atoms with van der Waals surface area (Å²) in [5, 5.41) is 3.55. The largest absolute Gasteiger partial charge is 0.368 e. The number of halogens is 2. The summed E-state index contributed by atoms with van der Waals surface area (Å²) in [5.74, 6) is -2.27. The Bertz CT molecular complexity index is 1490. The topological polar surface area (TPSA) is 108 Å². The Morgan fingerprint density at radius 3 is 2.74 bits per heavy atom. The number of nitrogens with two attached hydrogens (primary N) is 1. The highest BCUT2D eigenvalue weighted by Crippen LogP contribution is 2.15. The summed E-state index contributed by atoms with van der Waals surface area (Å²) in [6.07, 6.45) is 5.23. The molecule has 0 aliphatic rings. The van der Waals surface area contributed by atoms with Gasteiger partial charge in [0.15, 0.2) is 11.6 Å². The van der Waals surface area contributed by atoms with Gasteiger partial charge in [-0.2, -0.15) is 0 Å². The number of amides is 1. The van der Waals surface area contributed by atoms with Gasteiger partial charge in [-0.15, -0.1) is 0 Å². The van der Waals surface area contributed by atoms with Gasteiger partial charge in [0.05, 0.1) is 12.1 Å².